The van der Waals surface area contributed by atoms with Crippen molar-refractivity contribution in [3.8, 4) is 0 Å². The summed E-state index contributed by atoms with van der Waals surface area (Å²) in [6.07, 6.45) is 11.4. The van der Waals surface area contributed by atoms with Gasteiger partial charge in [0, 0.05) is 26.6 Å². The molecule has 5 atom stereocenters. The molecule has 0 aromatic rings. The van der Waals surface area contributed by atoms with Crippen molar-refractivity contribution in [2.45, 2.75) is 70.1 Å². The van der Waals surface area contributed by atoms with Crippen LogP contribution < -0.4 is 0 Å². The average molecular weight is 294 g/mol. The molecule has 1 rings (SSSR count). The summed E-state index contributed by atoms with van der Waals surface area (Å²) in [6, 6.07) is -0.237. The predicted octanol–water partition coefficient (Wildman–Crippen LogP) is 3.06. The second-order valence-corrected chi connectivity index (χ2v) is 6.11. The third-order valence-corrected chi connectivity index (χ3v) is 4.68. The lowest BCUT2D eigenvalue weighted by Gasteiger charge is -2.25. The van der Waals surface area contributed by atoms with Crippen LogP contribution in [0.3, 0.4) is 0 Å². The SMILES string of the molecule is [B]C(CC[C@@H]1[C@@H](C/C=C\CCCC)[C@@H](OC)C[C@H]1O)OC. The van der Waals surface area contributed by atoms with Gasteiger partial charge in [-0.3, -0.25) is 0 Å². The van der Waals surface area contributed by atoms with E-state index in [0.29, 0.717) is 5.92 Å². The van der Waals surface area contributed by atoms with Crippen molar-refractivity contribution in [3.63, 3.8) is 0 Å². The fourth-order valence-electron chi connectivity index (χ4n) is 3.32. The van der Waals surface area contributed by atoms with Crippen LogP contribution in [-0.2, 0) is 9.47 Å². The van der Waals surface area contributed by atoms with Crippen LogP contribution in [0.25, 0.3) is 0 Å². The minimum Gasteiger partial charge on any atom is -0.393 e. The molecule has 0 saturated heterocycles. The monoisotopic (exact) mass is 294 g/mol. The van der Waals surface area contributed by atoms with Gasteiger partial charge in [-0.2, -0.15) is 0 Å². The third-order valence-electron chi connectivity index (χ3n) is 4.68. The van der Waals surface area contributed by atoms with Crippen LogP contribution in [0.4, 0.5) is 0 Å². The van der Waals surface area contributed by atoms with Crippen molar-refractivity contribution in [3.05, 3.63) is 12.2 Å². The zero-order chi connectivity index (χ0) is 15.7. The number of hydrogen-bond acceptors (Lipinski definition) is 3. The van der Waals surface area contributed by atoms with Gasteiger partial charge in [0.15, 0.2) is 0 Å². The molecule has 21 heavy (non-hydrogen) atoms. The maximum absolute atomic E-state index is 10.3. The summed E-state index contributed by atoms with van der Waals surface area (Å²) in [4.78, 5) is 0. The molecule has 120 valence electrons. The van der Waals surface area contributed by atoms with Crippen molar-refractivity contribution < 1.29 is 14.6 Å². The van der Waals surface area contributed by atoms with Crippen molar-refractivity contribution in [2.75, 3.05) is 14.2 Å². The molecule has 1 aliphatic rings. The number of ether oxygens (including phenoxy) is 2. The lowest BCUT2D eigenvalue weighted by atomic mass is 9.83. The zero-order valence-corrected chi connectivity index (χ0v) is 13.8. The molecule has 0 bridgehead atoms. The number of rotatable bonds is 10. The van der Waals surface area contributed by atoms with Gasteiger partial charge in [-0.25, -0.2) is 0 Å². The van der Waals surface area contributed by atoms with Gasteiger partial charge in [-0.05, 0) is 37.5 Å². The molecule has 0 aromatic heterocycles. The fourth-order valence-corrected chi connectivity index (χ4v) is 3.32. The summed E-state index contributed by atoms with van der Waals surface area (Å²) in [7, 11) is 9.19. The smallest absolute Gasteiger partial charge is 0.108 e. The third kappa shape index (κ3) is 6.13. The van der Waals surface area contributed by atoms with Gasteiger partial charge in [0.1, 0.15) is 7.85 Å². The van der Waals surface area contributed by atoms with Crippen LogP contribution in [-0.4, -0.2) is 45.4 Å². The quantitative estimate of drug-likeness (QED) is 0.382. The van der Waals surface area contributed by atoms with Crippen molar-refractivity contribution >= 4 is 7.85 Å². The Morgan fingerprint density at radius 1 is 1.29 bits per heavy atom. The Morgan fingerprint density at radius 3 is 2.67 bits per heavy atom. The standard InChI is InChI=1S/C17H31BO3/c1-4-5-6-7-8-9-14-13(10-11-17(18)21-3)15(19)12-16(14)20-2/h7-8,13-17,19H,4-6,9-12H2,1-3H3/b8-7-/t13-,14-,15-,16+,17?/m1/s1. The lowest BCUT2D eigenvalue weighted by molar-refractivity contribution is 0.0588. The van der Waals surface area contributed by atoms with E-state index in [9.17, 15) is 5.11 Å². The Bertz CT molecular complexity index is 296. The van der Waals surface area contributed by atoms with E-state index in [0.717, 1.165) is 32.1 Å². The summed E-state index contributed by atoms with van der Waals surface area (Å²) < 4.78 is 10.7. The van der Waals surface area contributed by atoms with E-state index < -0.39 is 0 Å². The van der Waals surface area contributed by atoms with E-state index in [-0.39, 0.29) is 24.1 Å². The maximum atomic E-state index is 10.3. The van der Waals surface area contributed by atoms with E-state index in [1.54, 1.807) is 14.2 Å². The first-order chi connectivity index (χ1) is 10.1. The van der Waals surface area contributed by atoms with Gasteiger partial charge in [0.25, 0.3) is 0 Å². The van der Waals surface area contributed by atoms with Crippen molar-refractivity contribution in [2.24, 2.45) is 11.8 Å². The highest BCUT2D eigenvalue weighted by Gasteiger charge is 2.41. The molecule has 3 nitrogen and oxygen atoms in total. The molecule has 4 heteroatoms. The van der Waals surface area contributed by atoms with Gasteiger partial charge in [0.05, 0.1) is 12.2 Å². The highest BCUT2D eigenvalue weighted by Crippen LogP contribution is 2.39. The molecule has 1 unspecified atom stereocenters. The maximum Gasteiger partial charge on any atom is 0.108 e. The molecular weight excluding hydrogens is 263 g/mol. The molecule has 1 fully saturated rings. The first kappa shape index (κ1) is 18.7. The number of methoxy groups -OCH3 is 2. The first-order valence-corrected chi connectivity index (χ1v) is 8.28. The van der Waals surface area contributed by atoms with Gasteiger partial charge in [-0.1, -0.05) is 31.9 Å². The van der Waals surface area contributed by atoms with Crippen molar-refractivity contribution in [1.29, 1.82) is 0 Å². The van der Waals surface area contributed by atoms with Gasteiger partial charge < -0.3 is 14.6 Å². The van der Waals surface area contributed by atoms with Crippen LogP contribution in [0.1, 0.15) is 51.9 Å². The van der Waals surface area contributed by atoms with E-state index in [1.165, 1.54) is 12.8 Å². The molecule has 0 heterocycles. The number of aliphatic hydroxyl groups excluding tert-OH is 1. The Kier molecular flexibility index (Phi) is 9.29. The molecule has 0 aliphatic heterocycles. The number of allylic oxidation sites excluding steroid dienone is 2. The highest BCUT2D eigenvalue weighted by molar-refractivity contribution is 6.10. The topological polar surface area (TPSA) is 38.7 Å². The minimum atomic E-state index is -0.284. The summed E-state index contributed by atoms with van der Waals surface area (Å²) in [6.45, 7) is 2.21. The van der Waals surface area contributed by atoms with Gasteiger partial charge >= 0.3 is 0 Å². The number of aliphatic hydroxyl groups is 1. The number of unbranched alkanes of at least 4 members (excludes halogenated alkanes) is 2. The molecule has 0 aromatic carbocycles. The second kappa shape index (κ2) is 10.4. The molecule has 1 N–H and O–H groups in total. The van der Waals surface area contributed by atoms with E-state index in [2.05, 4.69) is 19.1 Å². The Morgan fingerprint density at radius 2 is 2.05 bits per heavy atom. The second-order valence-electron chi connectivity index (χ2n) is 6.11. The van der Waals surface area contributed by atoms with Crippen LogP contribution in [0.15, 0.2) is 12.2 Å². The lowest BCUT2D eigenvalue weighted by Crippen LogP contribution is -2.24. The summed E-state index contributed by atoms with van der Waals surface area (Å²) in [5.41, 5.74) is 0. The summed E-state index contributed by atoms with van der Waals surface area (Å²) in [5.74, 6) is 0.638. The molecule has 0 amide bonds. The fraction of sp³-hybridized carbons (Fsp3) is 0.882. The van der Waals surface area contributed by atoms with Crippen LogP contribution in [0.2, 0.25) is 0 Å². The zero-order valence-electron chi connectivity index (χ0n) is 13.8. The first-order valence-electron chi connectivity index (χ1n) is 8.28. The van der Waals surface area contributed by atoms with Crippen LogP contribution >= 0.6 is 0 Å². The van der Waals surface area contributed by atoms with Crippen LogP contribution in [0.5, 0.6) is 0 Å². The molecule has 1 aliphatic carbocycles. The Hall–Kier alpha value is -0.315. The molecule has 0 spiro atoms. The normalized spacial score (nSPS) is 31.0. The highest BCUT2D eigenvalue weighted by atomic mass is 16.5. The van der Waals surface area contributed by atoms with Crippen LogP contribution in [0, 0.1) is 11.8 Å². The Labute approximate surface area is 131 Å². The summed E-state index contributed by atoms with van der Waals surface area (Å²) >= 11 is 0. The largest absolute Gasteiger partial charge is 0.393 e. The molecule has 2 radical (unpaired) electrons. The average Bonchev–Trinajstić information content (AvgIpc) is 2.80. The van der Waals surface area contributed by atoms with E-state index in [4.69, 9.17) is 17.3 Å². The molecule has 1 saturated carbocycles. The van der Waals surface area contributed by atoms with Gasteiger partial charge in [-0.15, -0.1) is 0 Å². The molecular formula is C17H31BO3. The Balaban J connectivity index is 2.53. The minimum absolute atomic E-state index is 0.152. The predicted molar refractivity (Wildman–Crippen MR) is 87.5 cm³/mol. The van der Waals surface area contributed by atoms with E-state index in [1.807, 2.05) is 0 Å². The van der Waals surface area contributed by atoms with E-state index >= 15 is 0 Å². The van der Waals surface area contributed by atoms with Crippen molar-refractivity contribution in [1.82, 2.24) is 0 Å². The van der Waals surface area contributed by atoms with Gasteiger partial charge in [0.2, 0.25) is 0 Å². The summed E-state index contributed by atoms with van der Waals surface area (Å²) in [5, 5.41) is 10.3. The number of hydrogen-bond donors (Lipinski definition) is 1.